The molecule has 1 rings (SSSR count). The van der Waals surface area contributed by atoms with Gasteiger partial charge in [-0.3, -0.25) is 9.69 Å². The summed E-state index contributed by atoms with van der Waals surface area (Å²) in [5.41, 5.74) is 1.96. The first kappa shape index (κ1) is 15.9. The molecule has 0 unspecified atom stereocenters. The third-order valence-corrected chi connectivity index (χ3v) is 3.47. The standard InChI is InChI=1S/C17H27NO/c1-4-6-12-18(13-7-5-2)14-17(19)16-11-9-8-10-15(16)3/h8-11H,4-7,12-14H2,1-3H3. The van der Waals surface area contributed by atoms with E-state index in [0.29, 0.717) is 6.54 Å². The average Bonchev–Trinajstić information content (AvgIpc) is 2.42. The molecule has 0 aliphatic heterocycles. The summed E-state index contributed by atoms with van der Waals surface area (Å²) in [7, 11) is 0. The lowest BCUT2D eigenvalue weighted by atomic mass is 10.0. The van der Waals surface area contributed by atoms with Gasteiger partial charge in [-0.05, 0) is 38.4 Å². The molecule has 106 valence electrons. The van der Waals surface area contributed by atoms with Crippen LogP contribution in [0.2, 0.25) is 0 Å². The second kappa shape index (κ2) is 8.87. The van der Waals surface area contributed by atoms with Gasteiger partial charge in [0.05, 0.1) is 6.54 Å². The first-order valence-corrected chi connectivity index (χ1v) is 7.50. The minimum Gasteiger partial charge on any atom is -0.296 e. The van der Waals surface area contributed by atoms with Crippen molar-refractivity contribution >= 4 is 5.78 Å². The number of hydrogen-bond donors (Lipinski definition) is 0. The highest BCUT2D eigenvalue weighted by molar-refractivity contribution is 5.98. The van der Waals surface area contributed by atoms with E-state index in [1.54, 1.807) is 0 Å². The topological polar surface area (TPSA) is 20.3 Å². The molecule has 0 bridgehead atoms. The first-order chi connectivity index (χ1) is 9.19. The summed E-state index contributed by atoms with van der Waals surface area (Å²) in [4.78, 5) is 14.7. The maximum atomic E-state index is 12.4. The van der Waals surface area contributed by atoms with Gasteiger partial charge < -0.3 is 0 Å². The monoisotopic (exact) mass is 261 g/mol. The zero-order valence-electron chi connectivity index (χ0n) is 12.6. The van der Waals surface area contributed by atoms with Crippen molar-refractivity contribution in [1.82, 2.24) is 4.90 Å². The number of ketones is 1. The van der Waals surface area contributed by atoms with E-state index >= 15 is 0 Å². The number of hydrogen-bond acceptors (Lipinski definition) is 2. The number of nitrogens with zero attached hydrogens (tertiary/aromatic N) is 1. The van der Waals surface area contributed by atoms with Gasteiger partial charge in [0.1, 0.15) is 0 Å². The Kier molecular flexibility index (Phi) is 7.42. The zero-order chi connectivity index (χ0) is 14.1. The van der Waals surface area contributed by atoms with Crippen LogP contribution in [0.15, 0.2) is 24.3 Å². The lowest BCUT2D eigenvalue weighted by molar-refractivity contribution is 0.0927. The Morgan fingerprint density at radius 1 is 1.05 bits per heavy atom. The van der Waals surface area contributed by atoms with E-state index in [2.05, 4.69) is 18.7 Å². The fourth-order valence-corrected chi connectivity index (χ4v) is 2.21. The molecule has 0 atom stereocenters. The molecule has 0 N–H and O–H groups in total. The Balaban J connectivity index is 2.61. The van der Waals surface area contributed by atoms with Crippen LogP contribution in [0.25, 0.3) is 0 Å². The van der Waals surface area contributed by atoms with Crippen molar-refractivity contribution in [1.29, 1.82) is 0 Å². The Morgan fingerprint density at radius 2 is 1.63 bits per heavy atom. The van der Waals surface area contributed by atoms with E-state index < -0.39 is 0 Å². The molecular formula is C17H27NO. The number of Topliss-reactive ketones (excluding diaryl/α,β-unsaturated/α-hetero) is 1. The van der Waals surface area contributed by atoms with Crippen molar-refractivity contribution in [2.45, 2.75) is 46.5 Å². The molecule has 0 fully saturated rings. The van der Waals surface area contributed by atoms with Crippen LogP contribution in [0, 0.1) is 6.92 Å². The lowest BCUT2D eigenvalue weighted by Crippen LogP contribution is -2.32. The van der Waals surface area contributed by atoms with Crippen molar-refractivity contribution < 1.29 is 4.79 Å². The summed E-state index contributed by atoms with van der Waals surface area (Å²) in [5.74, 6) is 0.255. The number of carbonyl (C=O) groups is 1. The molecule has 0 aliphatic carbocycles. The number of rotatable bonds is 9. The largest absolute Gasteiger partial charge is 0.296 e. The molecule has 0 heterocycles. The van der Waals surface area contributed by atoms with Gasteiger partial charge in [0, 0.05) is 5.56 Å². The summed E-state index contributed by atoms with van der Waals surface area (Å²) < 4.78 is 0. The maximum Gasteiger partial charge on any atom is 0.177 e. The van der Waals surface area contributed by atoms with Crippen LogP contribution in [-0.2, 0) is 0 Å². The van der Waals surface area contributed by atoms with Crippen LogP contribution >= 0.6 is 0 Å². The fraction of sp³-hybridized carbons (Fsp3) is 0.588. The Labute approximate surface area is 117 Å². The van der Waals surface area contributed by atoms with Crippen molar-refractivity contribution in [3.63, 3.8) is 0 Å². The predicted octanol–water partition coefficient (Wildman–Crippen LogP) is 4.08. The highest BCUT2D eigenvalue weighted by Crippen LogP contribution is 2.09. The van der Waals surface area contributed by atoms with Crippen molar-refractivity contribution in [3.8, 4) is 0 Å². The molecule has 19 heavy (non-hydrogen) atoms. The summed E-state index contributed by atoms with van der Waals surface area (Å²) in [5, 5.41) is 0. The summed E-state index contributed by atoms with van der Waals surface area (Å²) >= 11 is 0. The molecule has 2 nitrogen and oxygen atoms in total. The van der Waals surface area contributed by atoms with Crippen LogP contribution in [-0.4, -0.2) is 30.3 Å². The first-order valence-electron chi connectivity index (χ1n) is 7.50. The Hall–Kier alpha value is -1.15. The van der Waals surface area contributed by atoms with Crippen molar-refractivity contribution in [2.75, 3.05) is 19.6 Å². The summed E-state index contributed by atoms with van der Waals surface area (Å²) in [6, 6.07) is 7.88. The van der Waals surface area contributed by atoms with Gasteiger partial charge in [-0.2, -0.15) is 0 Å². The van der Waals surface area contributed by atoms with Crippen LogP contribution in [0.5, 0.6) is 0 Å². The van der Waals surface area contributed by atoms with Gasteiger partial charge in [0.2, 0.25) is 0 Å². The second-order valence-corrected chi connectivity index (χ2v) is 5.22. The minimum absolute atomic E-state index is 0.255. The van der Waals surface area contributed by atoms with E-state index in [-0.39, 0.29) is 5.78 Å². The van der Waals surface area contributed by atoms with E-state index in [1.165, 1.54) is 25.7 Å². The van der Waals surface area contributed by atoms with Gasteiger partial charge in [0.15, 0.2) is 5.78 Å². The smallest absolute Gasteiger partial charge is 0.177 e. The molecule has 0 radical (unpaired) electrons. The lowest BCUT2D eigenvalue weighted by Gasteiger charge is -2.21. The average molecular weight is 261 g/mol. The minimum atomic E-state index is 0.255. The van der Waals surface area contributed by atoms with Crippen LogP contribution in [0.3, 0.4) is 0 Å². The number of unbranched alkanes of at least 4 members (excludes halogenated alkanes) is 2. The molecule has 0 aliphatic rings. The van der Waals surface area contributed by atoms with E-state index in [1.807, 2.05) is 31.2 Å². The highest BCUT2D eigenvalue weighted by Gasteiger charge is 2.13. The zero-order valence-corrected chi connectivity index (χ0v) is 12.6. The molecular weight excluding hydrogens is 234 g/mol. The van der Waals surface area contributed by atoms with Crippen LogP contribution in [0.4, 0.5) is 0 Å². The number of benzene rings is 1. The highest BCUT2D eigenvalue weighted by atomic mass is 16.1. The van der Waals surface area contributed by atoms with Crippen molar-refractivity contribution in [2.24, 2.45) is 0 Å². The molecule has 1 aromatic rings. The Morgan fingerprint density at radius 3 is 2.16 bits per heavy atom. The summed E-state index contributed by atoms with van der Waals surface area (Å²) in [6.07, 6.45) is 4.71. The molecule has 0 amide bonds. The van der Waals surface area contributed by atoms with Crippen LogP contribution < -0.4 is 0 Å². The number of aryl methyl sites for hydroxylation is 1. The van der Waals surface area contributed by atoms with Gasteiger partial charge in [-0.25, -0.2) is 0 Å². The number of carbonyl (C=O) groups excluding carboxylic acids is 1. The van der Waals surface area contributed by atoms with Gasteiger partial charge in [-0.1, -0.05) is 51.0 Å². The third-order valence-electron chi connectivity index (χ3n) is 3.47. The van der Waals surface area contributed by atoms with Gasteiger partial charge in [0.25, 0.3) is 0 Å². The van der Waals surface area contributed by atoms with E-state index in [0.717, 1.165) is 24.2 Å². The quantitative estimate of drug-likeness (QED) is 0.624. The maximum absolute atomic E-state index is 12.4. The Bertz CT molecular complexity index is 379. The molecule has 1 aromatic carbocycles. The van der Waals surface area contributed by atoms with Gasteiger partial charge >= 0.3 is 0 Å². The molecule has 0 saturated heterocycles. The fourth-order valence-electron chi connectivity index (χ4n) is 2.21. The predicted molar refractivity (Wildman–Crippen MR) is 81.8 cm³/mol. The molecule has 2 heteroatoms. The summed E-state index contributed by atoms with van der Waals surface area (Å²) in [6.45, 7) is 9.03. The van der Waals surface area contributed by atoms with E-state index in [9.17, 15) is 4.79 Å². The molecule has 0 aromatic heterocycles. The normalized spacial score (nSPS) is 10.9. The molecule has 0 saturated carbocycles. The van der Waals surface area contributed by atoms with Crippen LogP contribution in [0.1, 0.15) is 55.5 Å². The second-order valence-electron chi connectivity index (χ2n) is 5.22. The van der Waals surface area contributed by atoms with E-state index in [4.69, 9.17) is 0 Å². The molecule has 0 spiro atoms. The van der Waals surface area contributed by atoms with Gasteiger partial charge in [-0.15, -0.1) is 0 Å². The third kappa shape index (κ3) is 5.56. The SMILES string of the molecule is CCCCN(CCCC)CC(=O)c1ccccc1C. The van der Waals surface area contributed by atoms with Crippen molar-refractivity contribution in [3.05, 3.63) is 35.4 Å².